The third-order valence-electron chi connectivity index (χ3n) is 2.66. The standard InChI is InChI=1S/C8H13NO3/c1-11-7(10)6-2-8(3-9-6)4-12-5-8/h6,9H,2-5H2,1H3. The Kier molecular flexibility index (Phi) is 1.81. The zero-order valence-corrected chi connectivity index (χ0v) is 7.13. The summed E-state index contributed by atoms with van der Waals surface area (Å²) in [7, 11) is 1.42. The third-order valence-corrected chi connectivity index (χ3v) is 2.66. The number of ether oxygens (including phenoxy) is 2. The van der Waals surface area contributed by atoms with E-state index in [2.05, 4.69) is 10.1 Å². The van der Waals surface area contributed by atoms with Gasteiger partial charge in [-0.1, -0.05) is 0 Å². The van der Waals surface area contributed by atoms with Gasteiger partial charge in [0.2, 0.25) is 0 Å². The van der Waals surface area contributed by atoms with Gasteiger partial charge in [0, 0.05) is 12.0 Å². The van der Waals surface area contributed by atoms with Crippen molar-refractivity contribution in [3.05, 3.63) is 0 Å². The second-order valence-electron chi connectivity index (χ2n) is 3.65. The van der Waals surface area contributed by atoms with Crippen LogP contribution in [0.5, 0.6) is 0 Å². The minimum absolute atomic E-state index is 0.112. The maximum Gasteiger partial charge on any atom is 0.322 e. The normalized spacial score (nSPS) is 31.6. The van der Waals surface area contributed by atoms with Gasteiger partial charge in [-0.3, -0.25) is 4.79 Å². The van der Waals surface area contributed by atoms with Crippen LogP contribution in [-0.2, 0) is 14.3 Å². The van der Waals surface area contributed by atoms with Crippen molar-refractivity contribution < 1.29 is 14.3 Å². The van der Waals surface area contributed by atoms with Gasteiger partial charge >= 0.3 is 5.97 Å². The zero-order chi connectivity index (χ0) is 8.60. The van der Waals surface area contributed by atoms with Crippen molar-refractivity contribution in [2.75, 3.05) is 26.9 Å². The first-order chi connectivity index (χ1) is 5.76. The van der Waals surface area contributed by atoms with Gasteiger partial charge in [-0.2, -0.15) is 0 Å². The molecule has 0 radical (unpaired) electrons. The largest absolute Gasteiger partial charge is 0.468 e. The molecule has 1 spiro atoms. The number of carbonyl (C=O) groups excluding carboxylic acids is 1. The number of rotatable bonds is 1. The lowest BCUT2D eigenvalue weighted by Gasteiger charge is -2.37. The van der Waals surface area contributed by atoms with Crippen LogP contribution >= 0.6 is 0 Å². The van der Waals surface area contributed by atoms with E-state index in [0.717, 1.165) is 26.2 Å². The molecule has 2 rings (SSSR count). The number of hydrogen-bond acceptors (Lipinski definition) is 4. The Labute approximate surface area is 71.2 Å². The van der Waals surface area contributed by atoms with E-state index in [9.17, 15) is 4.79 Å². The summed E-state index contributed by atoms with van der Waals surface area (Å²) in [5.41, 5.74) is 0.235. The highest BCUT2D eigenvalue weighted by Gasteiger charge is 2.47. The fraction of sp³-hybridized carbons (Fsp3) is 0.875. The molecular formula is C8H13NO3. The van der Waals surface area contributed by atoms with E-state index in [1.54, 1.807) is 0 Å². The summed E-state index contributed by atoms with van der Waals surface area (Å²) in [5.74, 6) is -0.154. The summed E-state index contributed by atoms with van der Waals surface area (Å²) >= 11 is 0. The molecule has 1 N–H and O–H groups in total. The monoisotopic (exact) mass is 171 g/mol. The van der Waals surface area contributed by atoms with Crippen molar-refractivity contribution in [1.29, 1.82) is 0 Å². The number of esters is 1. The van der Waals surface area contributed by atoms with Gasteiger partial charge in [0.05, 0.1) is 20.3 Å². The van der Waals surface area contributed by atoms with Gasteiger partial charge in [0.1, 0.15) is 6.04 Å². The smallest absolute Gasteiger partial charge is 0.322 e. The maximum atomic E-state index is 11.1. The third kappa shape index (κ3) is 1.11. The van der Waals surface area contributed by atoms with E-state index in [-0.39, 0.29) is 17.4 Å². The second kappa shape index (κ2) is 2.71. The second-order valence-corrected chi connectivity index (χ2v) is 3.65. The van der Waals surface area contributed by atoms with E-state index >= 15 is 0 Å². The molecule has 2 aliphatic rings. The van der Waals surface area contributed by atoms with Crippen molar-refractivity contribution in [3.8, 4) is 0 Å². The van der Waals surface area contributed by atoms with Gasteiger partial charge in [0.25, 0.3) is 0 Å². The van der Waals surface area contributed by atoms with Gasteiger partial charge in [-0.25, -0.2) is 0 Å². The summed E-state index contributed by atoms with van der Waals surface area (Å²) < 4.78 is 9.78. The van der Waals surface area contributed by atoms with Crippen LogP contribution in [0.2, 0.25) is 0 Å². The predicted molar refractivity (Wildman–Crippen MR) is 41.7 cm³/mol. The van der Waals surface area contributed by atoms with E-state index in [1.165, 1.54) is 7.11 Å². The molecule has 2 saturated heterocycles. The molecule has 0 saturated carbocycles. The van der Waals surface area contributed by atoms with E-state index in [0.29, 0.717) is 0 Å². The summed E-state index contributed by atoms with van der Waals surface area (Å²) in [6.07, 6.45) is 0.861. The highest BCUT2D eigenvalue weighted by atomic mass is 16.5. The summed E-state index contributed by atoms with van der Waals surface area (Å²) in [5, 5.41) is 3.15. The Bertz CT molecular complexity index is 200. The SMILES string of the molecule is COC(=O)C1CC2(CN1)COC2. The first-order valence-corrected chi connectivity index (χ1v) is 4.15. The van der Waals surface area contributed by atoms with Gasteiger partial charge < -0.3 is 14.8 Å². The molecule has 2 fully saturated rings. The molecule has 4 nitrogen and oxygen atoms in total. The lowest BCUT2D eigenvalue weighted by molar-refractivity contribution is -0.144. The van der Waals surface area contributed by atoms with Crippen molar-refractivity contribution in [2.45, 2.75) is 12.5 Å². The van der Waals surface area contributed by atoms with Crippen LogP contribution in [0.25, 0.3) is 0 Å². The molecule has 0 amide bonds. The number of carbonyl (C=O) groups is 1. The molecule has 0 aromatic heterocycles. The first-order valence-electron chi connectivity index (χ1n) is 4.15. The number of hydrogen-bond donors (Lipinski definition) is 1. The molecule has 0 aromatic carbocycles. The van der Waals surface area contributed by atoms with E-state index in [4.69, 9.17) is 4.74 Å². The van der Waals surface area contributed by atoms with Crippen LogP contribution < -0.4 is 5.32 Å². The fourth-order valence-corrected chi connectivity index (χ4v) is 1.84. The topological polar surface area (TPSA) is 47.6 Å². The summed E-state index contributed by atoms with van der Waals surface area (Å²) in [6.45, 7) is 2.45. The molecule has 0 bridgehead atoms. The molecule has 2 heterocycles. The highest BCUT2D eigenvalue weighted by molar-refractivity contribution is 5.76. The lowest BCUT2D eigenvalue weighted by Crippen LogP contribution is -2.44. The number of methoxy groups -OCH3 is 1. The quantitative estimate of drug-likeness (QED) is 0.542. The molecule has 0 aliphatic carbocycles. The Balaban J connectivity index is 1.93. The van der Waals surface area contributed by atoms with Gasteiger partial charge in [-0.05, 0) is 6.42 Å². The Morgan fingerprint density at radius 1 is 1.67 bits per heavy atom. The van der Waals surface area contributed by atoms with Crippen molar-refractivity contribution in [1.82, 2.24) is 5.32 Å². The average Bonchev–Trinajstić information content (AvgIpc) is 2.46. The van der Waals surface area contributed by atoms with Crippen LogP contribution in [0.4, 0.5) is 0 Å². The molecule has 4 heteroatoms. The first kappa shape index (κ1) is 8.01. The van der Waals surface area contributed by atoms with Crippen molar-refractivity contribution in [2.24, 2.45) is 5.41 Å². The van der Waals surface area contributed by atoms with Gasteiger partial charge in [-0.15, -0.1) is 0 Å². The Morgan fingerprint density at radius 2 is 2.42 bits per heavy atom. The summed E-state index contributed by atoms with van der Waals surface area (Å²) in [4.78, 5) is 11.1. The Morgan fingerprint density at radius 3 is 2.83 bits per heavy atom. The van der Waals surface area contributed by atoms with Crippen LogP contribution in [-0.4, -0.2) is 38.9 Å². The van der Waals surface area contributed by atoms with Crippen molar-refractivity contribution >= 4 is 5.97 Å². The Hall–Kier alpha value is -0.610. The van der Waals surface area contributed by atoms with Crippen LogP contribution in [0.1, 0.15) is 6.42 Å². The molecule has 12 heavy (non-hydrogen) atoms. The van der Waals surface area contributed by atoms with E-state index < -0.39 is 0 Å². The molecule has 1 atom stereocenters. The molecule has 1 unspecified atom stereocenters. The minimum atomic E-state index is -0.154. The van der Waals surface area contributed by atoms with Crippen LogP contribution in [0.3, 0.4) is 0 Å². The van der Waals surface area contributed by atoms with Gasteiger partial charge in [0.15, 0.2) is 0 Å². The fourth-order valence-electron chi connectivity index (χ4n) is 1.84. The average molecular weight is 171 g/mol. The van der Waals surface area contributed by atoms with Crippen molar-refractivity contribution in [3.63, 3.8) is 0 Å². The molecular weight excluding hydrogens is 158 g/mol. The number of nitrogens with one attached hydrogen (secondary N) is 1. The maximum absolute atomic E-state index is 11.1. The zero-order valence-electron chi connectivity index (χ0n) is 7.13. The minimum Gasteiger partial charge on any atom is -0.468 e. The lowest BCUT2D eigenvalue weighted by atomic mass is 9.84. The molecule has 68 valence electrons. The molecule has 2 aliphatic heterocycles. The van der Waals surface area contributed by atoms with Crippen LogP contribution in [0.15, 0.2) is 0 Å². The van der Waals surface area contributed by atoms with E-state index in [1.807, 2.05) is 0 Å². The van der Waals surface area contributed by atoms with Crippen LogP contribution in [0, 0.1) is 5.41 Å². The highest BCUT2D eigenvalue weighted by Crippen LogP contribution is 2.36. The molecule has 0 aromatic rings. The predicted octanol–water partition coefficient (Wildman–Crippen LogP) is -0.462. The summed E-state index contributed by atoms with van der Waals surface area (Å²) in [6, 6.07) is -0.112.